The zero-order chi connectivity index (χ0) is 39.3. The molecular weight excluding hydrogens is 593 g/mol. The van der Waals surface area contributed by atoms with Crippen molar-refractivity contribution in [3.63, 3.8) is 0 Å². The van der Waals surface area contributed by atoms with E-state index >= 15 is 0 Å². The van der Waals surface area contributed by atoms with Crippen LogP contribution in [-0.2, 0) is 0 Å². The molecule has 0 aliphatic rings. The Morgan fingerprint density at radius 3 is 1.61 bits per heavy atom. The fourth-order valence-corrected chi connectivity index (χ4v) is 7.43. The zero-order valence-electron chi connectivity index (χ0n) is 34.1. The molecule has 0 fully saturated rings. The fraction of sp³-hybridized carbons (Fsp3) is 0. The highest BCUT2D eigenvalue weighted by Gasteiger charge is 2.20. The van der Waals surface area contributed by atoms with E-state index in [9.17, 15) is 5.48 Å². The lowest BCUT2D eigenvalue weighted by molar-refractivity contribution is 0.669. The summed E-state index contributed by atoms with van der Waals surface area (Å²) in [4.78, 5) is 0. The van der Waals surface area contributed by atoms with Crippen molar-refractivity contribution in [1.82, 2.24) is 0 Å². The third-order valence-corrected chi connectivity index (χ3v) is 9.52. The summed E-state index contributed by atoms with van der Waals surface area (Å²) in [5.74, 6) is 0. The molecular formula is C48H30O. The van der Waals surface area contributed by atoms with Gasteiger partial charge in [-0.3, -0.25) is 0 Å². The molecule has 0 N–H and O–H groups in total. The number of fused-ring (bicyclic) bond motifs is 6. The van der Waals surface area contributed by atoms with Crippen LogP contribution in [0, 0.1) is 0 Å². The van der Waals surface area contributed by atoms with Crippen LogP contribution in [0.1, 0.15) is 11.0 Å². The second-order valence-corrected chi connectivity index (χ2v) is 12.2. The van der Waals surface area contributed by atoms with Crippen LogP contribution in [0.15, 0.2) is 186 Å². The number of hydrogen-bond acceptors (Lipinski definition) is 1. The molecule has 9 aromatic carbocycles. The Morgan fingerprint density at radius 1 is 0.347 bits per heavy atom. The highest BCUT2D eigenvalue weighted by molar-refractivity contribution is 6.24. The lowest BCUT2D eigenvalue weighted by Gasteiger charge is -2.20. The summed E-state index contributed by atoms with van der Waals surface area (Å²) in [6.07, 6.45) is 0. The van der Waals surface area contributed by atoms with Gasteiger partial charge >= 0.3 is 0 Å². The van der Waals surface area contributed by atoms with Crippen molar-refractivity contribution in [3.05, 3.63) is 182 Å². The van der Waals surface area contributed by atoms with Gasteiger partial charge in [0.15, 0.2) is 0 Å². The van der Waals surface area contributed by atoms with Gasteiger partial charge in [-0.2, -0.15) is 0 Å². The summed E-state index contributed by atoms with van der Waals surface area (Å²) >= 11 is 0. The Hall–Kier alpha value is -6.44. The van der Waals surface area contributed by atoms with Gasteiger partial charge in [-0.05, 0) is 95.0 Å². The minimum Gasteiger partial charge on any atom is -0.456 e. The van der Waals surface area contributed by atoms with E-state index in [1.165, 1.54) is 0 Å². The molecule has 0 unspecified atom stereocenters. The maximum Gasteiger partial charge on any atom is 0.136 e. The summed E-state index contributed by atoms with van der Waals surface area (Å²) < 4.78 is 79.8. The van der Waals surface area contributed by atoms with Crippen LogP contribution < -0.4 is 0 Å². The molecule has 1 heterocycles. The van der Waals surface area contributed by atoms with E-state index in [2.05, 4.69) is 0 Å². The Kier molecular flexibility index (Phi) is 4.69. The topological polar surface area (TPSA) is 13.1 Å². The third-order valence-electron chi connectivity index (χ3n) is 9.52. The SMILES string of the molecule is [2H]c1c([2H])c([2H])c2c(-c3ccc(-c4ccccc4)c4ccccc34)c3c([2H])c([2H])c([2H])c([2H])c3c(-c3cccc(-c4cccc5oc6ccccc6c45)c3)c2c1[2H]. The second kappa shape index (κ2) is 11.1. The average molecular weight is 631 g/mol. The quantitative estimate of drug-likeness (QED) is 0.176. The molecule has 0 aliphatic heterocycles. The normalized spacial score (nSPS) is 14.0. The van der Waals surface area contributed by atoms with Crippen molar-refractivity contribution < 1.29 is 15.4 Å². The second-order valence-electron chi connectivity index (χ2n) is 12.2. The fourth-order valence-electron chi connectivity index (χ4n) is 7.43. The van der Waals surface area contributed by atoms with E-state index in [1.54, 1.807) is 0 Å². The number of hydrogen-bond donors (Lipinski definition) is 0. The van der Waals surface area contributed by atoms with Crippen LogP contribution in [0.25, 0.3) is 98.8 Å². The standard InChI is InChI=1S/C48H30O/c1-2-14-31(15-3-1)34-28-29-42(37-19-5-4-18-36(34)37)47-40-22-8-6-20-38(40)46(39-21-7-9-23-41(39)47)33-17-12-16-32(30-33)35-25-13-27-45-48(35)43-24-10-11-26-44(43)49-45/h1-30H/i6D,7D,8D,9D,20D,21D,22D,23D. The average Bonchev–Trinajstić information content (AvgIpc) is 3.64. The van der Waals surface area contributed by atoms with Gasteiger partial charge in [0.1, 0.15) is 11.2 Å². The Morgan fingerprint density at radius 2 is 0.878 bits per heavy atom. The van der Waals surface area contributed by atoms with E-state index in [1.807, 2.05) is 133 Å². The van der Waals surface area contributed by atoms with E-state index < -0.39 is 24.2 Å². The van der Waals surface area contributed by atoms with Crippen LogP contribution in [0.5, 0.6) is 0 Å². The minimum atomic E-state index is -0.435. The van der Waals surface area contributed by atoms with Crippen LogP contribution in [0.3, 0.4) is 0 Å². The Balaban J connectivity index is 1.38. The maximum atomic E-state index is 9.49. The molecule has 0 amide bonds. The lowest BCUT2D eigenvalue weighted by Crippen LogP contribution is -1.92. The van der Waals surface area contributed by atoms with Crippen molar-refractivity contribution in [2.24, 2.45) is 0 Å². The van der Waals surface area contributed by atoms with Crippen molar-refractivity contribution in [2.45, 2.75) is 0 Å². The molecule has 0 aliphatic carbocycles. The first-order valence-electron chi connectivity index (χ1n) is 20.2. The van der Waals surface area contributed by atoms with Gasteiger partial charge in [0.05, 0.1) is 11.0 Å². The Bertz CT molecular complexity index is 3250. The smallest absolute Gasteiger partial charge is 0.136 e. The Labute approximate surface area is 295 Å². The van der Waals surface area contributed by atoms with Crippen molar-refractivity contribution >= 4 is 54.3 Å². The number of rotatable bonds is 4. The maximum absolute atomic E-state index is 9.49. The molecule has 0 radical (unpaired) electrons. The van der Waals surface area contributed by atoms with Gasteiger partial charge in [0.25, 0.3) is 0 Å². The predicted octanol–water partition coefficient (Wildman–Crippen LogP) is 13.7. The summed E-state index contributed by atoms with van der Waals surface area (Å²) in [6.45, 7) is 0. The highest BCUT2D eigenvalue weighted by Crippen LogP contribution is 2.47. The van der Waals surface area contributed by atoms with Gasteiger partial charge in [0, 0.05) is 10.8 Å². The van der Waals surface area contributed by atoms with Crippen LogP contribution in [0.4, 0.5) is 0 Å². The van der Waals surface area contributed by atoms with Gasteiger partial charge < -0.3 is 4.42 Å². The molecule has 1 aromatic heterocycles. The molecule has 0 bridgehead atoms. The van der Waals surface area contributed by atoms with Crippen LogP contribution in [-0.4, -0.2) is 0 Å². The van der Waals surface area contributed by atoms with Crippen molar-refractivity contribution in [3.8, 4) is 44.5 Å². The van der Waals surface area contributed by atoms with E-state index in [-0.39, 0.29) is 45.7 Å². The summed E-state index contributed by atoms with van der Waals surface area (Å²) in [5, 5.41) is 4.24. The van der Waals surface area contributed by atoms with Gasteiger partial charge in [-0.25, -0.2) is 0 Å². The molecule has 10 aromatic rings. The number of para-hydroxylation sites is 1. The predicted molar refractivity (Wildman–Crippen MR) is 208 cm³/mol. The number of furan rings is 1. The van der Waals surface area contributed by atoms with Gasteiger partial charge in [-0.1, -0.05) is 164 Å². The molecule has 0 atom stereocenters. The highest BCUT2D eigenvalue weighted by atomic mass is 16.3. The monoisotopic (exact) mass is 630 g/mol. The first kappa shape index (κ1) is 20.7. The first-order chi connectivity index (χ1) is 27.7. The van der Waals surface area contributed by atoms with E-state index in [4.69, 9.17) is 9.90 Å². The molecule has 1 heteroatoms. The van der Waals surface area contributed by atoms with Gasteiger partial charge in [-0.15, -0.1) is 0 Å². The van der Waals surface area contributed by atoms with E-state index in [0.717, 1.165) is 49.4 Å². The van der Waals surface area contributed by atoms with Crippen molar-refractivity contribution in [1.29, 1.82) is 0 Å². The first-order valence-corrected chi connectivity index (χ1v) is 16.2. The van der Waals surface area contributed by atoms with Crippen LogP contribution in [0.2, 0.25) is 0 Å². The zero-order valence-corrected chi connectivity index (χ0v) is 26.1. The van der Waals surface area contributed by atoms with Crippen molar-refractivity contribution in [2.75, 3.05) is 0 Å². The summed E-state index contributed by atoms with van der Waals surface area (Å²) in [6, 6.07) is 40.0. The molecule has 228 valence electrons. The molecule has 0 saturated heterocycles. The molecule has 0 saturated carbocycles. The summed E-state index contributed by atoms with van der Waals surface area (Å²) in [7, 11) is 0. The van der Waals surface area contributed by atoms with Crippen LogP contribution >= 0.6 is 0 Å². The molecule has 10 rings (SSSR count). The minimum absolute atomic E-state index is 0.175. The molecule has 0 spiro atoms. The van der Waals surface area contributed by atoms with E-state index in [0.29, 0.717) is 27.8 Å². The van der Waals surface area contributed by atoms with Gasteiger partial charge in [0.2, 0.25) is 0 Å². The lowest BCUT2D eigenvalue weighted by atomic mass is 9.83. The number of benzene rings is 9. The molecule has 1 nitrogen and oxygen atoms in total. The largest absolute Gasteiger partial charge is 0.456 e. The summed E-state index contributed by atoms with van der Waals surface area (Å²) in [5.41, 5.74) is 6.87. The molecule has 49 heavy (non-hydrogen) atoms. The third kappa shape index (κ3) is 4.33.